The predicted molar refractivity (Wildman–Crippen MR) is 74.7 cm³/mol. The highest BCUT2D eigenvalue weighted by atomic mass is 35.5. The van der Waals surface area contributed by atoms with E-state index in [1.807, 2.05) is 6.92 Å². The van der Waals surface area contributed by atoms with Gasteiger partial charge in [0, 0.05) is 17.3 Å². The smallest absolute Gasteiger partial charge is 0.323 e. The minimum absolute atomic E-state index is 0.389. The van der Waals surface area contributed by atoms with E-state index in [1.165, 1.54) is 4.90 Å². The number of nitrogens with one attached hydrogen (secondary N) is 1. The number of unbranched alkanes of at least 4 members (excludes halogenated alkanes) is 1. The number of carboxylic acid groups (broad SMARTS) is 1. The van der Waals surface area contributed by atoms with E-state index in [0.29, 0.717) is 17.3 Å². The second-order valence-corrected chi connectivity index (χ2v) is 4.48. The fraction of sp³-hybridized carbons (Fsp3) is 0.385. The number of halogens is 1. The van der Waals surface area contributed by atoms with Gasteiger partial charge in [-0.3, -0.25) is 9.69 Å². The second kappa shape index (κ2) is 7.63. The number of carboxylic acids is 1. The van der Waals surface area contributed by atoms with Gasteiger partial charge >= 0.3 is 12.0 Å². The Hall–Kier alpha value is -1.75. The molecular formula is C13H17ClN2O3. The molecule has 0 spiro atoms. The van der Waals surface area contributed by atoms with Crippen LogP contribution in [0.3, 0.4) is 0 Å². The molecule has 0 unspecified atom stereocenters. The molecule has 0 atom stereocenters. The van der Waals surface area contributed by atoms with Crippen LogP contribution < -0.4 is 10.2 Å². The maximum absolute atomic E-state index is 12.0. The van der Waals surface area contributed by atoms with Gasteiger partial charge in [-0.1, -0.05) is 24.9 Å². The Balaban J connectivity index is 2.79. The minimum atomic E-state index is -1.07. The molecule has 6 heteroatoms. The SMILES string of the molecule is CCCCNC(=O)N(CC(=O)O)c1ccc(Cl)cc1. The average Bonchev–Trinajstić information content (AvgIpc) is 2.37. The number of carbonyl (C=O) groups is 2. The summed E-state index contributed by atoms with van der Waals surface area (Å²) in [5.74, 6) is -1.07. The molecule has 0 aromatic heterocycles. The number of amides is 2. The normalized spacial score (nSPS) is 10.0. The lowest BCUT2D eigenvalue weighted by atomic mass is 10.3. The summed E-state index contributed by atoms with van der Waals surface area (Å²) in [6, 6.07) is 6.05. The van der Waals surface area contributed by atoms with Crippen LogP contribution in [0.15, 0.2) is 24.3 Å². The van der Waals surface area contributed by atoms with Crippen molar-refractivity contribution < 1.29 is 14.7 Å². The van der Waals surface area contributed by atoms with E-state index < -0.39 is 12.0 Å². The number of benzene rings is 1. The van der Waals surface area contributed by atoms with Crippen molar-refractivity contribution in [3.05, 3.63) is 29.3 Å². The highest BCUT2D eigenvalue weighted by Gasteiger charge is 2.18. The van der Waals surface area contributed by atoms with Crippen molar-refractivity contribution in [3.63, 3.8) is 0 Å². The fourth-order valence-corrected chi connectivity index (χ4v) is 1.63. The van der Waals surface area contributed by atoms with Gasteiger partial charge in [-0.05, 0) is 30.7 Å². The van der Waals surface area contributed by atoms with Gasteiger partial charge in [0.15, 0.2) is 0 Å². The molecule has 5 nitrogen and oxygen atoms in total. The Morgan fingerprint density at radius 2 is 1.95 bits per heavy atom. The molecule has 0 heterocycles. The standard InChI is InChI=1S/C13H17ClN2O3/c1-2-3-8-15-13(19)16(9-12(17)18)11-6-4-10(14)5-7-11/h4-7H,2-3,8-9H2,1H3,(H,15,19)(H,17,18). The molecule has 1 rings (SSSR count). The van der Waals surface area contributed by atoms with Crippen LogP contribution >= 0.6 is 11.6 Å². The van der Waals surface area contributed by atoms with Gasteiger partial charge in [0.25, 0.3) is 0 Å². The van der Waals surface area contributed by atoms with Crippen LogP contribution in [-0.4, -0.2) is 30.2 Å². The molecular weight excluding hydrogens is 268 g/mol. The van der Waals surface area contributed by atoms with Gasteiger partial charge in [-0.25, -0.2) is 4.79 Å². The molecule has 0 fully saturated rings. The van der Waals surface area contributed by atoms with Crippen molar-refractivity contribution in [2.24, 2.45) is 0 Å². The highest BCUT2D eigenvalue weighted by Crippen LogP contribution is 2.18. The molecule has 0 aliphatic carbocycles. The molecule has 2 N–H and O–H groups in total. The average molecular weight is 285 g/mol. The van der Waals surface area contributed by atoms with Gasteiger partial charge in [-0.15, -0.1) is 0 Å². The zero-order chi connectivity index (χ0) is 14.3. The van der Waals surface area contributed by atoms with Crippen molar-refractivity contribution in [1.82, 2.24) is 5.32 Å². The first-order valence-corrected chi connectivity index (χ1v) is 6.45. The first kappa shape index (κ1) is 15.3. The number of anilines is 1. The summed E-state index contributed by atoms with van der Waals surface area (Å²) in [5, 5.41) is 12.1. The van der Waals surface area contributed by atoms with Crippen molar-refractivity contribution in [2.75, 3.05) is 18.0 Å². The lowest BCUT2D eigenvalue weighted by molar-refractivity contribution is -0.135. The van der Waals surface area contributed by atoms with E-state index >= 15 is 0 Å². The summed E-state index contributed by atoms with van der Waals surface area (Å²) in [6.07, 6.45) is 1.81. The molecule has 0 radical (unpaired) electrons. The lowest BCUT2D eigenvalue weighted by Crippen LogP contribution is -2.43. The summed E-state index contributed by atoms with van der Waals surface area (Å²) in [4.78, 5) is 24.0. The third kappa shape index (κ3) is 5.18. The van der Waals surface area contributed by atoms with Gasteiger partial charge in [0.05, 0.1) is 0 Å². The Morgan fingerprint density at radius 3 is 2.47 bits per heavy atom. The van der Waals surface area contributed by atoms with Crippen molar-refractivity contribution in [3.8, 4) is 0 Å². The first-order valence-electron chi connectivity index (χ1n) is 6.07. The summed E-state index contributed by atoms with van der Waals surface area (Å²) in [7, 11) is 0. The van der Waals surface area contributed by atoms with E-state index in [-0.39, 0.29) is 6.54 Å². The lowest BCUT2D eigenvalue weighted by Gasteiger charge is -2.21. The number of hydrogen-bond acceptors (Lipinski definition) is 2. The quantitative estimate of drug-likeness (QED) is 0.789. The van der Waals surface area contributed by atoms with E-state index in [9.17, 15) is 9.59 Å². The number of aliphatic carboxylic acids is 1. The summed E-state index contributed by atoms with van der Waals surface area (Å²) in [6.45, 7) is 2.15. The zero-order valence-electron chi connectivity index (χ0n) is 10.7. The van der Waals surface area contributed by atoms with Crippen LogP contribution in [0.25, 0.3) is 0 Å². The maximum atomic E-state index is 12.0. The molecule has 104 valence electrons. The van der Waals surface area contributed by atoms with Gasteiger partial charge in [-0.2, -0.15) is 0 Å². The van der Waals surface area contributed by atoms with E-state index in [4.69, 9.17) is 16.7 Å². The largest absolute Gasteiger partial charge is 0.480 e. The molecule has 2 amide bonds. The van der Waals surface area contributed by atoms with Gasteiger partial charge in [0.2, 0.25) is 0 Å². The molecule has 0 aliphatic rings. The monoisotopic (exact) mass is 284 g/mol. The van der Waals surface area contributed by atoms with E-state index in [1.54, 1.807) is 24.3 Å². The Kier molecular flexibility index (Phi) is 6.15. The zero-order valence-corrected chi connectivity index (χ0v) is 11.5. The highest BCUT2D eigenvalue weighted by molar-refractivity contribution is 6.30. The number of nitrogens with zero attached hydrogens (tertiary/aromatic N) is 1. The predicted octanol–water partition coefficient (Wildman–Crippen LogP) is 2.74. The Labute approximate surface area is 117 Å². The van der Waals surface area contributed by atoms with E-state index in [2.05, 4.69) is 5.32 Å². The summed E-state index contributed by atoms with van der Waals surface area (Å²) in [5.41, 5.74) is 0.501. The maximum Gasteiger partial charge on any atom is 0.323 e. The topological polar surface area (TPSA) is 69.6 Å². The molecule has 1 aromatic carbocycles. The van der Waals surface area contributed by atoms with Crippen LogP contribution in [0.2, 0.25) is 5.02 Å². The second-order valence-electron chi connectivity index (χ2n) is 4.04. The number of urea groups is 1. The number of rotatable bonds is 6. The molecule has 0 saturated heterocycles. The van der Waals surface area contributed by atoms with Crippen LogP contribution in [-0.2, 0) is 4.79 Å². The van der Waals surface area contributed by atoms with Gasteiger partial charge in [0.1, 0.15) is 6.54 Å². The third-order valence-electron chi connectivity index (χ3n) is 2.48. The van der Waals surface area contributed by atoms with Gasteiger partial charge < -0.3 is 10.4 Å². The molecule has 19 heavy (non-hydrogen) atoms. The Morgan fingerprint density at radius 1 is 1.32 bits per heavy atom. The van der Waals surface area contributed by atoms with Crippen molar-refractivity contribution in [1.29, 1.82) is 0 Å². The summed E-state index contributed by atoms with van der Waals surface area (Å²) >= 11 is 5.77. The molecule has 1 aromatic rings. The van der Waals surface area contributed by atoms with Crippen molar-refractivity contribution >= 4 is 29.3 Å². The van der Waals surface area contributed by atoms with E-state index in [0.717, 1.165) is 12.8 Å². The summed E-state index contributed by atoms with van der Waals surface area (Å²) < 4.78 is 0. The van der Waals surface area contributed by atoms with Crippen molar-refractivity contribution in [2.45, 2.75) is 19.8 Å². The fourth-order valence-electron chi connectivity index (χ4n) is 1.50. The van der Waals surface area contributed by atoms with Crippen LogP contribution in [0.5, 0.6) is 0 Å². The van der Waals surface area contributed by atoms with Crippen LogP contribution in [0, 0.1) is 0 Å². The molecule has 0 bridgehead atoms. The minimum Gasteiger partial charge on any atom is -0.480 e. The van der Waals surface area contributed by atoms with Crippen LogP contribution in [0.4, 0.5) is 10.5 Å². The molecule has 0 aliphatic heterocycles. The number of carbonyl (C=O) groups excluding carboxylic acids is 1. The number of hydrogen-bond donors (Lipinski definition) is 2. The Bertz CT molecular complexity index is 434. The first-order chi connectivity index (χ1) is 9.04. The molecule has 0 saturated carbocycles. The third-order valence-corrected chi connectivity index (χ3v) is 2.74. The van der Waals surface area contributed by atoms with Crippen LogP contribution in [0.1, 0.15) is 19.8 Å².